The van der Waals surface area contributed by atoms with E-state index in [0.717, 1.165) is 0 Å². The first-order valence-corrected chi connectivity index (χ1v) is 5.43. The van der Waals surface area contributed by atoms with E-state index in [1.165, 1.54) is 18.2 Å². The lowest BCUT2D eigenvalue weighted by atomic mass is 10.2. The quantitative estimate of drug-likeness (QED) is 0.844. The van der Waals surface area contributed by atoms with Crippen molar-refractivity contribution < 1.29 is 13.9 Å². The monoisotopic (exact) mass is 240 g/mol. The van der Waals surface area contributed by atoms with Crippen molar-refractivity contribution in [2.24, 2.45) is 5.73 Å². The fraction of sp³-hybridized carbons (Fsp3) is 0.417. The first-order valence-electron chi connectivity index (χ1n) is 5.43. The Morgan fingerprint density at radius 3 is 2.59 bits per heavy atom. The van der Waals surface area contributed by atoms with Gasteiger partial charge in [-0.3, -0.25) is 4.79 Å². The van der Waals surface area contributed by atoms with Crippen LogP contribution in [0.3, 0.4) is 0 Å². The molecule has 5 heteroatoms. The zero-order chi connectivity index (χ0) is 13.0. The Bertz CT molecular complexity index is 405. The topological polar surface area (TPSA) is 64.3 Å². The standard InChI is InChI=1S/C12H17FN2O2/c1-7(2)17-11-5-4-9(13)6-10(11)15-12(16)8(3)14/h4-8H,14H2,1-3H3,(H,15,16)/t8-/m0/s1. The summed E-state index contributed by atoms with van der Waals surface area (Å²) in [7, 11) is 0. The summed E-state index contributed by atoms with van der Waals surface area (Å²) in [6.07, 6.45) is -0.0635. The summed E-state index contributed by atoms with van der Waals surface area (Å²) in [5.74, 6) is -0.402. The number of ether oxygens (including phenoxy) is 1. The fourth-order valence-corrected chi connectivity index (χ4v) is 1.20. The van der Waals surface area contributed by atoms with Crippen LogP contribution < -0.4 is 15.8 Å². The van der Waals surface area contributed by atoms with E-state index >= 15 is 0 Å². The summed E-state index contributed by atoms with van der Waals surface area (Å²) >= 11 is 0. The van der Waals surface area contributed by atoms with Crippen molar-refractivity contribution in [3.8, 4) is 5.75 Å². The van der Waals surface area contributed by atoms with E-state index < -0.39 is 11.9 Å². The molecular formula is C12H17FN2O2. The predicted octanol–water partition coefficient (Wildman–Crippen LogP) is 1.90. The summed E-state index contributed by atoms with van der Waals surface area (Å²) in [5.41, 5.74) is 5.72. The van der Waals surface area contributed by atoms with Crippen molar-refractivity contribution >= 4 is 11.6 Å². The van der Waals surface area contributed by atoms with Gasteiger partial charge in [-0.15, -0.1) is 0 Å². The van der Waals surface area contributed by atoms with Crippen LogP contribution >= 0.6 is 0 Å². The van der Waals surface area contributed by atoms with Gasteiger partial charge in [0.1, 0.15) is 11.6 Å². The molecule has 4 nitrogen and oxygen atoms in total. The Balaban J connectivity index is 2.94. The molecule has 0 saturated heterocycles. The molecular weight excluding hydrogens is 223 g/mol. The number of benzene rings is 1. The van der Waals surface area contributed by atoms with Gasteiger partial charge in [-0.05, 0) is 32.9 Å². The first-order chi connectivity index (χ1) is 7.90. The van der Waals surface area contributed by atoms with E-state index in [1.54, 1.807) is 6.92 Å². The van der Waals surface area contributed by atoms with Gasteiger partial charge in [-0.2, -0.15) is 0 Å². The molecule has 0 radical (unpaired) electrons. The number of amides is 1. The second-order valence-electron chi connectivity index (χ2n) is 4.09. The largest absolute Gasteiger partial charge is 0.489 e. The highest BCUT2D eigenvalue weighted by molar-refractivity contribution is 5.95. The first kappa shape index (κ1) is 13.4. The number of hydrogen-bond donors (Lipinski definition) is 2. The van der Waals surface area contributed by atoms with E-state index in [2.05, 4.69) is 5.32 Å². The van der Waals surface area contributed by atoms with Gasteiger partial charge in [-0.25, -0.2) is 4.39 Å². The highest BCUT2D eigenvalue weighted by Gasteiger charge is 2.13. The number of rotatable bonds is 4. The highest BCUT2D eigenvalue weighted by Crippen LogP contribution is 2.26. The maximum atomic E-state index is 13.1. The molecule has 0 saturated carbocycles. The molecule has 0 spiro atoms. The Hall–Kier alpha value is -1.62. The lowest BCUT2D eigenvalue weighted by Gasteiger charge is -2.15. The van der Waals surface area contributed by atoms with Crippen molar-refractivity contribution in [1.82, 2.24) is 0 Å². The molecule has 0 bridgehead atoms. The number of hydrogen-bond acceptors (Lipinski definition) is 3. The number of nitrogens with one attached hydrogen (secondary N) is 1. The maximum absolute atomic E-state index is 13.1. The second-order valence-corrected chi connectivity index (χ2v) is 4.09. The van der Waals surface area contributed by atoms with E-state index in [0.29, 0.717) is 11.4 Å². The molecule has 0 aliphatic rings. The van der Waals surface area contributed by atoms with Crippen LogP contribution in [0, 0.1) is 5.82 Å². The molecule has 1 atom stereocenters. The van der Waals surface area contributed by atoms with Gasteiger partial charge in [0.15, 0.2) is 0 Å². The Morgan fingerprint density at radius 2 is 2.06 bits per heavy atom. The summed E-state index contributed by atoms with van der Waals surface area (Å²) in [4.78, 5) is 11.4. The lowest BCUT2D eigenvalue weighted by Crippen LogP contribution is -2.32. The predicted molar refractivity (Wildman–Crippen MR) is 64.4 cm³/mol. The van der Waals surface area contributed by atoms with Crippen molar-refractivity contribution in [3.05, 3.63) is 24.0 Å². The number of carbonyl (C=O) groups excluding carboxylic acids is 1. The zero-order valence-corrected chi connectivity index (χ0v) is 10.2. The number of carbonyl (C=O) groups is 1. The third kappa shape index (κ3) is 4.03. The molecule has 1 aromatic carbocycles. The lowest BCUT2D eigenvalue weighted by molar-refractivity contribution is -0.117. The maximum Gasteiger partial charge on any atom is 0.241 e. The smallest absolute Gasteiger partial charge is 0.241 e. The third-order valence-corrected chi connectivity index (χ3v) is 1.98. The van der Waals surface area contributed by atoms with Crippen molar-refractivity contribution in [3.63, 3.8) is 0 Å². The van der Waals surface area contributed by atoms with Gasteiger partial charge in [0.05, 0.1) is 17.8 Å². The van der Waals surface area contributed by atoms with E-state index in [9.17, 15) is 9.18 Å². The molecule has 0 heterocycles. The Kier molecular flexibility index (Phi) is 4.45. The normalized spacial score (nSPS) is 12.4. The van der Waals surface area contributed by atoms with E-state index in [4.69, 9.17) is 10.5 Å². The van der Waals surface area contributed by atoms with Gasteiger partial charge in [0, 0.05) is 6.07 Å². The average molecular weight is 240 g/mol. The average Bonchev–Trinajstić information content (AvgIpc) is 2.21. The molecule has 3 N–H and O–H groups in total. The number of nitrogens with two attached hydrogens (primary N) is 1. The van der Waals surface area contributed by atoms with Crippen LogP contribution in [-0.4, -0.2) is 18.1 Å². The Morgan fingerprint density at radius 1 is 1.41 bits per heavy atom. The minimum absolute atomic E-state index is 0.0635. The van der Waals surface area contributed by atoms with Crippen molar-refractivity contribution in [2.45, 2.75) is 32.9 Å². The summed E-state index contributed by atoms with van der Waals surface area (Å²) in [6, 6.07) is 3.30. The molecule has 1 aromatic rings. The van der Waals surface area contributed by atoms with Gasteiger partial charge in [0.2, 0.25) is 5.91 Å². The minimum Gasteiger partial charge on any atom is -0.489 e. The van der Waals surface area contributed by atoms with Crippen LogP contribution in [0.4, 0.5) is 10.1 Å². The number of halogens is 1. The molecule has 1 rings (SSSR count). The molecule has 1 amide bonds. The van der Waals surface area contributed by atoms with Crippen LogP contribution in [0.25, 0.3) is 0 Å². The van der Waals surface area contributed by atoms with Crippen LogP contribution in [0.5, 0.6) is 5.75 Å². The van der Waals surface area contributed by atoms with Crippen LogP contribution in [0.15, 0.2) is 18.2 Å². The molecule has 0 unspecified atom stereocenters. The van der Waals surface area contributed by atoms with Crippen LogP contribution in [0.1, 0.15) is 20.8 Å². The van der Waals surface area contributed by atoms with E-state index in [-0.39, 0.29) is 12.0 Å². The molecule has 17 heavy (non-hydrogen) atoms. The molecule has 94 valence electrons. The summed E-state index contributed by atoms with van der Waals surface area (Å²) in [6.45, 7) is 5.25. The Labute approximate surface area is 100.0 Å². The van der Waals surface area contributed by atoms with Crippen LogP contribution in [0.2, 0.25) is 0 Å². The summed E-state index contributed by atoms with van der Waals surface area (Å²) in [5, 5.41) is 2.53. The minimum atomic E-state index is -0.662. The highest BCUT2D eigenvalue weighted by atomic mass is 19.1. The number of anilines is 1. The molecule has 0 aromatic heterocycles. The fourth-order valence-electron chi connectivity index (χ4n) is 1.20. The zero-order valence-electron chi connectivity index (χ0n) is 10.2. The third-order valence-electron chi connectivity index (χ3n) is 1.98. The molecule has 0 aliphatic heterocycles. The van der Waals surface area contributed by atoms with Crippen molar-refractivity contribution in [1.29, 1.82) is 0 Å². The van der Waals surface area contributed by atoms with Gasteiger partial charge in [0.25, 0.3) is 0 Å². The van der Waals surface area contributed by atoms with Crippen molar-refractivity contribution in [2.75, 3.05) is 5.32 Å². The second kappa shape index (κ2) is 5.63. The molecule has 0 aliphatic carbocycles. The van der Waals surface area contributed by atoms with Crippen LogP contribution in [-0.2, 0) is 4.79 Å². The summed E-state index contributed by atoms with van der Waals surface area (Å²) < 4.78 is 18.6. The van der Waals surface area contributed by atoms with Gasteiger partial charge >= 0.3 is 0 Å². The SMILES string of the molecule is CC(C)Oc1ccc(F)cc1NC(=O)[C@H](C)N. The van der Waals surface area contributed by atoms with Gasteiger partial charge < -0.3 is 15.8 Å². The molecule has 0 fully saturated rings. The van der Waals surface area contributed by atoms with E-state index in [1.807, 2.05) is 13.8 Å². The van der Waals surface area contributed by atoms with Gasteiger partial charge in [-0.1, -0.05) is 0 Å².